The molecule has 0 aliphatic rings. The van der Waals surface area contributed by atoms with Crippen LogP contribution in [0, 0.1) is 5.82 Å². The summed E-state index contributed by atoms with van der Waals surface area (Å²) in [6, 6.07) is 16.2. The smallest absolute Gasteiger partial charge is 0.284 e. The Kier molecular flexibility index (Phi) is 6.63. The van der Waals surface area contributed by atoms with Crippen LogP contribution in [0.4, 0.5) is 4.39 Å². The van der Waals surface area contributed by atoms with Gasteiger partial charge in [0.25, 0.3) is 0 Å². The van der Waals surface area contributed by atoms with Gasteiger partial charge in [0.1, 0.15) is 0 Å². The topological polar surface area (TPSA) is 0 Å². The molecule has 12 heavy (non-hydrogen) atoms. The summed E-state index contributed by atoms with van der Waals surface area (Å²) in [4.78, 5) is 0. The molecule has 0 radical (unpaired) electrons. The Bertz CT molecular complexity index is 228. The summed E-state index contributed by atoms with van der Waals surface area (Å²) in [5.74, 6) is -0.157. The number of halogens is 1. The van der Waals surface area contributed by atoms with Gasteiger partial charge in [-0.3, -0.25) is 4.39 Å². The molecule has 0 amide bonds. The van der Waals surface area contributed by atoms with Gasteiger partial charge in [0, 0.05) is 5.82 Å². The van der Waals surface area contributed by atoms with Crippen molar-refractivity contribution in [2.45, 2.75) is 0 Å². The van der Waals surface area contributed by atoms with Crippen LogP contribution in [0.3, 0.4) is 0 Å². The van der Waals surface area contributed by atoms with Gasteiger partial charge < -0.3 is 0 Å². The van der Waals surface area contributed by atoms with Crippen LogP contribution in [-0.2, 0) is 21.7 Å². The fourth-order valence-corrected chi connectivity index (χ4v) is 0.671. The Morgan fingerprint density at radius 3 is 1.58 bits per heavy atom. The first kappa shape index (κ1) is 11.3. The van der Waals surface area contributed by atoms with E-state index in [0.717, 1.165) is 0 Å². The number of hydrogen-bond donors (Lipinski definition) is 0. The summed E-state index contributed by atoms with van der Waals surface area (Å²) in [6.07, 6.45) is 0. The summed E-state index contributed by atoms with van der Waals surface area (Å²) in [5.41, 5.74) is 0. The number of hydrogen-bond acceptors (Lipinski definition) is 0. The van der Waals surface area contributed by atoms with Crippen molar-refractivity contribution < 1.29 is 26.1 Å². The van der Waals surface area contributed by atoms with Gasteiger partial charge in [-0.25, -0.2) is 24.3 Å². The van der Waals surface area contributed by atoms with Gasteiger partial charge in [-0.2, -0.15) is 18.2 Å². The molecule has 0 saturated carbocycles. The Morgan fingerprint density at radius 1 is 0.917 bits per heavy atom. The molecule has 2 heteroatoms. The molecular weight excluding hydrogens is 187 g/mol. The predicted octanol–water partition coefficient (Wildman–Crippen LogP) is 2.95. The fraction of sp³-hybridized carbons (Fsp3) is 0. The van der Waals surface area contributed by atoms with Crippen LogP contribution < -0.4 is 0 Å². The van der Waals surface area contributed by atoms with Crippen molar-refractivity contribution in [3.05, 3.63) is 60.4 Å². The SMILES string of the molecule is F[c-]1cccc1.[Ti+2].c1cc[cH-]c1. The minimum atomic E-state index is -0.157. The molecule has 0 fully saturated rings. The van der Waals surface area contributed by atoms with Crippen molar-refractivity contribution in [3.63, 3.8) is 0 Å². The molecular formula is C10H9FTi. The summed E-state index contributed by atoms with van der Waals surface area (Å²) in [6.45, 7) is 0. The van der Waals surface area contributed by atoms with Crippen LogP contribution in [0.1, 0.15) is 0 Å². The van der Waals surface area contributed by atoms with Gasteiger partial charge in [-0.15, -0.1) is 12.1 Å². The first-order valence-corrected chi connectivity index (χ1v) is 3.43. The van der Waals surface area contributed by atoms with Crippen LogP contribution in [0.25, 0.3) is 0 Å². The van der Waals surface area contributed by atoms with Crippen molar-refractivity contribution in [1.29, 1.82) is 0 Å². The first-order chi connectivity index (χ1) is 5.39. The van der Waals surface area contributed by atoms with Crippen molar-refractivity contribution in [1.82, 2.24) is 0 Å². The van der Waals surface area contributed by atoms with Crippen molar-refractivity contribution in [2.75, 3.05) is 0 Å². The molecule has 0 N–H and O–H groups in total. The van der Waals surface area contributed by atoms with E-state index in [4.69, 9.17) is 0 Å². The van der Waals surface area contributed by atoms with Crippen LogP contribution in [0.2, 0.25) is 0 Å². The molecule has 0 atom stereocenters. The van der Waals surface area contributed by atoms with Crippen LogP contribution in [0.15, 0.2) is 54.6 Å². The second kappa shape index (κ2) is 7.02. The third-order valence-electron chi connectivity index (χ3n) is 1.18. The first-order valence-electron chi connectivity index (χ1n) is 3.43. The third kappa shape index (κ3) is 5.06. The van der Waals surface area contributed by atoms with Gasteiger partial charge in [-0.1, -0.05) is 0 Å². The second-order valence-corrected chi connectivity index (χ2v) is 2.07. The van der Waals surface area contributed by atoms with E-state index in [0.29, 0.717) is 0 Å². The maximum Gasteiger partial charge on any atom is 2.00 e. The monoisotopic (exact) mass is 196 g/mol. The summed E-state index contributed by atoms with van der Waals surface area (Å²) < 4.78 is 11.7. The van der Waals surface area contributed by atoms with Crippen molar-refractivity contribution in [2.24, 2.45) is 0 Å². The van der Waals surface area contributed by atoms with Crippen molar-refractivity contribution >= 4 is 0 Å². The van der Waals surface area contributed by atoms with Gasteiger partial charge in [0.2, 0.25) is 0 Å². The minimum Gasteiger partial charge on any atom is -0.284 e. The zero-order valence-electron chi connectivity index (χ0n) is 6.57. The van der Waals surface area contributed by atoms with Gasteiger partial charge in [0.15, 0.2) is 0 Å². The van der Waals surface area contributed by atoms with E-state index in [1.807, 2.05) is 30.3 Å². The third-order valence-corrected chi connectivity index (χ3v) is 1.18. The Morgan fingerprint density at radius 2 is 1.42 bits per heavy atom. The maximum absolute atomic E-state index is 11.7. The van der Waals surface area contributed by atoms with Crippen molar-refractivity contribution in [3.8, 4) is 0 Å². The van der Waals surface area contributed by atoms with Crippen LogP contribution in [-0.4, -0.2) is 0 Å². The van der Waals surface area contributed by atoms with E-state index in [1.54, 1.807) is 12.1 Å². The molecule has 2 rings (SSSR count). The summed E-state index contributed by atoms with van der Waals surface area (Å²) in [7, 11) is 0. The zero-order chi connectivity index (χ0) is 7.94. The van der Waals surface area contributed by atoms with E-state index >= 15 is 0 Å². The van der Waals surface area contributed by atoms with E-state index < -0.39 is 0 Å². The standard InChI is InChI=1S/C5H4F.C5H5.Ti/c6-5-3-1-2-4-5;1-2-4-5-3-1;/h1-4H;1-5H;/q2*-1;+2. The summed E-state index contributed by atoms with van der Waals surface area (Å²) in [5, 5.41) is 0. The zero-order valence-corrected chi connectivity index (χ0v) is 8.14. The quantitative estimate of drug-likeness (QED) is 0.448. The average molecular weight is 196 g/mol. The summed E-state index contributed by atoms with van der Waals surface area (Å²) >= 11 is 0. The molecule has 0 aliphatic carbocycles. The largest absolute Gasteiger partial charge is 2.00 e. The second-order valence-electron chi connectivity index (χ2n) is 2.07. The van der Waals surface area contributed by atoms with E-state index in [2.05, 4.69) is 0 Å². The van der Waals surface area contributed by atoms with Gasteiger partial charge >= 0.3 is 21.7 Å². The van der Waals surface area contributed by atoms with Gasteiger partial charge in [-0.05, 0) is 0 Å². The molecule has 0 saturated heterocycles. The Labute approximate surface area is 86.6 Å². The molecule has 2 aromatic carbocycles. The molecule has 0 nitrogen and oxygen atoms in total. The normalized spacial score (nSPS) is 7.75. The van der Waals surface area contributed by atoms with Gasteiger partial charge in [0.05, 0.1) is 0 Å². The van der Waals surface area contributed by atoms with Crippen LogP contribution >= 0.6 is 0 Å². The molecule has 0 heterocycles. The fourth-order valence-electron chi connectivity index (χ4n) is 0.671. The maximum atomic E-state index is 11.7. The molecule has 60 valence electrons. The molecule has 0 bridgehead atoms. The molecule has 2 aromatic rings. The molecule has 0 spiro atoms. The number of rotatable bonds is 0. The minimum absolute atomic E-state index is 0. The molecule has 0 unspecified atom stereocenters. The van der Waals surface area contributed by atoms with E-state index in [1.165, 1.54) is 12.1 Å². The van der Waals surface area contributed by atoms with E-state index in [-0.39, 0.29) is 27.5 Å². The van der Waals surface area contributed by atoms with Crippen LogP contribution in [0.5, 0.6) is 0 Å². The Hall–Kier alpha value is -0.656. The molecule has 0 aromatic heterocycles. The van der Waals surface area contributed by atoms with E-state index in [9.17, 15) is 4.39 Å². The Balaban J connectivity index is 0.000000189. The predicted molar refractivity (Wildman–Crippen MR) is 44.0 cm³/mol. The molecule has 0 aliphatic heterocycles. The average Bonchev–Trinajstić information content (AvgIpc) is 2.57.